The highest BCUT2D eigenvalue weighted by atomic mass is 16.6. The second-order valence-electron chi connectivity index (χ2n) is 4.69. The number of hydrazone groups is 1. The molecule has 0 radical (unpaired) electrons. The summed E-state index contributed by atoms with van der Waals surface area (Å²) in [4.78, 5) is 22.7. The number of carbonyl (C=O) groups excluding carboxylic acids is 2. The van der Waals surface area contributed by atoms with Gasteiger partial charge < -0.3 is 14.8 Å². The van der Waals surface area contributed by atoms with Crippen molar-refractivity contribution in [1.29, 1.82) is 0 Å². The third kappa shape index (κ3) is 5.13. The maximum Gasteiger partial charge on any atom is 0.339 e. The van der Waals surface area contributed by atoms with Crippen molar-refractivity contribution in [2.24, 2.45) is 5.10 Å². The number of amides is 2. The topological polar surface area (TPSA) is 89.0 Å². The number of methoxy groups -OCH3 is 1. The molecular weight excluding hydrogens is 310 g/mol. The van der Waals surface area contributed by atoms with E-state index in [4.69, 9.17) is 9.47 Å². The molecule has 2 rings (SSSR count). The van der Waals surface area contributed by atoms with Gasteiger partial charge in [-0.15, -0.1) is 0 Å². The molecule has 0 aliphatic heterocycles. The van der Waals surface area contributed by atoms with Gasteiger partial charge in [0.15, 0.2) is 11.5 Å². The first-order valence-corrected chi connectivity index (χ1v) is 7.10. The number of benzene rings is 2. The molecule has 0 aliphatic carbocycles. The predicted molar refractivity (Wildman–Crippen MR) is 90.5 cm³/mol. The van der Waals surface area contributed by atoms with E-state index < -0.39 is 12.0 Å². The average Bonchev–Trinajstić information content (AvgIpc) is 2.56. The van der Waals surface area contributed by atoms with Gasteiger partial charge in [-0.25, -0.2) is 10.2 Å². The highest BCUT2D eigenvalue weighted by Crippen LogP contribution is 2.27. The number of nitrogens with zero attached hydrogens (tertiary/aromatic N) is 1. The van der Waals surface area contributed by atoms with E-state index in [0.29, 0.717) is 22.7 Å². The summed E-state index contributed by atoms with van der Waals surface area (Å²) in [7, 11) is 1.47. The lowest BCUT2D eigenvalue weighted by molar-refractivity contribution is -0.132. The molecule has 0 fully saturated rings. The summed E-state index contributed by atoms with van der Waals surface area (Å²) in [6.45, 7) is 1.31. The smallest absolute Gasteiger partial charge is 0.339 e. The highest BCUT2D eigenvalue weighted by molar-refractivity contribution is 5.90. The molecule has 0 atom stereocenters. The molecule has 7 heteroatoms. The quantitative estimate of drug-likeness (QED) is 0.382. The predicted octanol–water partition coefficient (Wildman–Crippen LogP) is 2.78. The van der Waals surface area contributed by atoms with Gasteiger partial charge in [0.2, 0.25) is 0 Å². The molecule has 0 bridgehead atoms. The molecule has 0 saturated heterocycles. The summed E-state index contributed by atoms with van der Waals surface area (Å²) >= 11 is 0. The Hall–Kier alpha value is -3.35. The molecule has 2 aromatic carbocycles. The molecular formula is C17H17N3O4. The van der Waals surface area contributed by atoms with Crippen LogP contribution in [0.5, 0.6) is 11.5 Å². The van der Waals surface area contributed by atoms with Crippen molar-refractivity contribution in [3.63, 3.8) is 0 Å². The van der Waals surface area contributed by atoms with E-state index in [0.717, 1.165) is 0 Å². The molecule has 2 amide bonds. The Balaban J connectivity index is 1.96. The zero-order valence-corrected chi connectivity index (χ0v) is 13.3. The molecule has 0 heterocycles. The summed E-state index contributed by atoms with van der Waals surface area (Å²) in [5.74, 6) is 0.272. The molecule has 7 nitrogen and oxygen atoms in total. The number of ether oxygens (including phenoxy) is 2. The van der Waals surface area contributed by atoms with Crippen molar-refractivity contribution >= 4 is 23.9 Å². The second kappa shape index (κ2) is 8.33. The van der Waals surface area contributed by atoms with Gasteiger partial charge in [-0.2, -0.15) is 5.10 Å². The SMILES string of the molecule is COc1cc(/C=N/NC(=O)Nc2ccccc2)ccc1OC(C)=O. The summed E-state index contributed by atoms with van der Waals surface area (Å²) in [5.41, 5.74) is 3.69. The molecule has 24 heavy (non-hydrogen) atoms. The summed E-state index contributed by atoms with van der Waals surface area (Å²) in [5, 5.41) is 6.49. The Kier molecular flexibility index (Phi) is 5.90. The van der Waals surface area contributed by atoms with Gasteiger partial charge in [-0.3, -0.25) is 4.79 Å². The number of para-hydroxylation sites is 1. The fraction of sp³-hybridized carbons (Fsp3) is 0.118. The first-order chi connectivity index (χ1) is 11.6. The minimum atomic E-state index is -0.457. The summed E-state index contributed by atoms with van der Waals surface area (Å²) in [6, 6.07) is 13.5. The van der Waals surface area contributed by atoms with Crippen LogP contribution < -0.4 is 20.2 Å². The first kappa shape index (κ1) is 17.0. The van der Waals surface area contributed by atoms with E-state index in [2.05, 4.69) is 15.8 Å². The van der Waals surface area contributed by atoms with Crippen LogP contribution in [-0.2, 0) is 4.79 Å². The van der Waals surface area contributed by atoms with Crippen LogP contribution in [0.1, 0.15) is 12.5 Å². The Bertz CT molecular complexity index is 745. The van der Waals surface area contributed by atoms with E-state index in [-0.39, 0.29) is 0 Å². The average molecular weight is 327 g/mol. The minimum Gasteiger partial charge on any atom is -0.493 e. The molecule has 2 N–H and O–H groups in total. The third-order valence-electron chi connectivity index (χ3n) is 2.85. The van der Waals surface area contributed by atoms with Crippen molar-refractivity contribution in [2.75, 3.05) is 12.4 Å². The van der Waals surface area contributed by atoms with Gasteiger partial charge in [0, 0.05) is 12.6 Å². The van der Waals surface area contributed by atoms with E-state index in [1.807, 2.05) is 18.2 Å². The number of anilines is 1. The summed E-state index contributed by atoms with van der Waals surface area (Å²) < 4.78 is 10.2. The molecule has 0 aromatic heterocycles. The van der Waals surface area contributed by atoms with Gasteiger partial charge in [0.1, 0.15) is 0 Å². The van der Waals surface area contributed by atoms with E-state index in [9.17, 15) is 9.59 Å². The molecule has 0 spiro atoms. The molecule has 0 saturated carbocycles. The van der Waals surface area contributed by atoms with Crippen LogP contribution in [0.2, 0.25) is 0 Å². The molecule has 124 valence electrons. The van der Waals surface area contributed by atoms with Crippen molar-refractivity contribution in [3.05, 3.63) is 54.1 Å². The number of esters is 1. The Labute approximate surface area is 139 Å². The fourth-order valence-corrected chi connectivity index (χ4v) is 1.85. The largest absolute Gasteiger partial charge is 0.493 e. The highest BCUT2D eigenvalue weighted by Gasteiger charge is 2.07. The lowest BCUT2D eigenvalue weighted by Gasteiger charge is -2.08. The number of carbonyl (C=O) groups is 2. The molecule has 2 aromatic rings. The van der Waals surface area contributed by atoms with E-state index >= 15 is 0 Å². The van der Waals surface area contributed by atoms with Crippen LogP contribution >= 0.6 is 0 Å². The minimum absolute atomic E-state index is 0.317. The summed E-state index contributed by atoms with van der Waals surface area (Å²) in [6.07, 6.45) is 1.45. The van der Waals surface area contributed by atoms with Gasteiger partial charge in [-0.1, -0.05) is 18.2 Å². The maximum atomic E-state index is 11.7. The van der Waals surface area contributed by atoms with Crippen molar-refractivity contribution in [2.45, 2.75) is 6.92 Å². The zero-order valence-electron chi connectivity index (χ0n) is 13.3. The van der Waals surface area contributed by atoms with Crippen molar-refractivity contribution in [3.8, 4) is 11.5 Å². The number of hydrogen-bond donors (Lipinski definition) is 2. The van der Waals surface area contributed by atoms with Crippen LogP contribution in [0.15, 0.2) is 53.6 Å². The second-order valence-corrected chi connectivity index (χ2v) is 4.69. The standard InChI is InChI=1S/C17H17N3O4/c1-12(21)24-15-9-8-13(10-16(15)23-2)11-18-20-17(22)19-14-6-4-3-5-7-14/h3-11H,1-2H3,(H2,19,20,22)/b18-11+. The van der Waals surface area contributed by atoms with E-state index in [1.165, 1.54) is 20.2 Å². The normalized spacial score (nSPS) is 10.2. The van der Waals surface area contributed by atoms with E-state index in [1.54, 1.807) is 30.3 Å². The van der Waals surface area contributed by atoms with Crippen LogP contribution in [0, 0.1) is 0 Å². The maximum absolute atomic E-state index is 11.7. The number of hydrogen-bond acceptors (Lipinski definition) is 5. The third-order valence-corrected chi connectivity index (χ3v) is 2.85. The number of rotatable bonds is 5. The van der Waals surface area contributed by atoms with Crippen LogP contribution in [-0.4, -0.2) is 25.3 Å². The Morgan fingerprint density at radius 1 is 1.08 bits per heavy atom. The van der Waals surface area contributed by atoms with Crippen molar-refractivity contribution < 1.29 is 19.1 Å². The Morgan fingerprint density at radius 3 is 2.50 bits per heavy atom. The van der Waals surface area contributed by atoms with Gasteiger partial charge >= 0.3 is 12.0 Å². The fourth-order valence-electron chi connectivity index (χ4n) is 1.85. The number of nitrogens with one attached hydrogen (secondary N) is 2. The number of urea groups is 1. The van der Waals surface area contributed by atoms with Gasteiger partial charge in [-0.05, 0) is 35.9 Å². The Morgan fingerprint density at radius 2 is 1.83 bits per heavy atom. The van der Waals surface area contributed by atoms with Crippen LogP contribution in [0.3, 0.4) is 0 Å². The zero-order chi connectivity index (χ0) is 17.4. The van der Waals surface area contributed by atoms with Crippen molar-refractivity contribution in [1.82, 2.24) is 5.43 Å². The lowest BCUT2D eigenvalue weighted by atomic mass is 10.2. The molecule has 0 unspecified atom stereocenters. The van der Waals surface area contributed by atoms with Crippen LogP contribution in [0.4, 0.5) is 10.5 Å². The molecule has 0 aliphatic rings. The first-order valence-electron chi connectivity index (χ1n) is 7.10. The van der Waals surface area contributed by atoms with Gasteiger partial charge in [0.05, 0.1) is 13.3 Å². The van der Waals surface area contributed by atoms with Gasteiger partial charge in [0.25, 0.3) is 0 Å². The van der Waals surface area contributed by atoms with Crippen LogP contribution in [0.25, 0.3) is 0 Å². The monoisotopic (exact) mass is 327 g/mol. The lowest BCUT2D eigenvalue weighted by Crippen LogP contribution is -2.24.